The molecule has 1 aromatic carbocycles. The van der Waals surface area contributed by atoms with Crippen LogP contribution >= 0.6 is 11.3 Å². The van der Waals surface area contributed by atoms with Crippen LogP contribution in [0.25, 0.3) is 22.3 Å². The molecular formula is C19H17F2N5OS. The van der Waals surface area contributed by atoms with E-state index in [0.29, 0.717) is 18.0 Å². The summed E-state index contributed by atoms with van der Waals surface area (Å²) in [7, 11) is 0. The molecule has 0 fully saturated rings. The van der Waals surface area contributed by atoms with Crippen molar-refractivity contribution in [2.75, 3.05) is 11.9 Å². The van der Waals surface area contributed by atoms with Crippen molar-refractivity contribution < 1.29 is 13.5 Å². The Labute approximate surface area is 163 Å². The highest BCUT2D eigenvalue weighted by Gasteiger charge is 2.19. The number of H-pyrrole nitrogens is 1. The van der Waals surface area contributed by atoms with Crippen molar-refractivity contribution in [3.63, 3.8) is 0 Å². The van der Waals surface area contributed by atoms with Crippen LogP contribution in [0.3, 0.4) is 0 Å². The summed E-state index contributed by atoms with van der Waals surface area (Å²) in [5, 5.41) is 15.4. The van der Waals surface area contributed by atoms with Gasteiger partial charge in [-0.1, -0.05) is 6.92 Å². The number of aromatic nitrogens is 4. The molecule has 3 aromatic heterocycles. The minimum atomic E-state index is -0.828. The van der Waals surface area contributed by atoms with E-state index in [2.05, 4.69) is 25.5 Å². The number of thiophene rings is 1. The molecule has 0 saturated heterocycles. The first-order valence-electron chi connectivity index (χ1n) is 8.73. The number of halogens is 2. The van der Waals surface area contributed by atoms with Crippen LogP contribution in [0.2, 0.25) is 0 Å². The maximum atomic E-state index is 13.9. The Morgan fingerprint density at radius 2 is 2.07 bits per heavy atom. The maximum Gasteiger partial charge on any atom is 0.326 e. The lowest BCUT2D eigenvalue weighted by Crippen LogP contribution is -2.05. The van der Waals surface area contributed by atoms with E-state index < -0.39 is 11.6 Å². The van der Waals surface area contributed by atoms with Crippen molar-refractivity contribution in [2.45, 2.75) is 20.3 Å². The third kappa shape index (κ3) is 3.40. The standard InChI is InChI=1S/C19H17F2N5OS/c1-3-6-22-17-15-16(12-9-28-8-10(12)2)25-26-18(15)24-19(23-17)27-14-5-4-11(20)7-13(14)21/h4-5,7-9H,3,6H2,1-2H3,(H2,22,23,24,25,26). The molecule has 6 nitrogen and oxygen atoms in total. The first-order chi connectivity index (χ1) is 13.6. The lowest BCUT2D eigenvalue weighted by atomic mass is 10.1. The Kier molecular flexibility index (Phi) is 4.91. The summed E-state index contributed by atoms with van der Waals surface area (Å²) < 4.78 is 32.5. The molecule has 0 aliphatic rings. The topological polar surface area (TPSA) is 75.7 Å². The Morgan fingerprint density at radius 3 is 2.79 bits per heavy atom. The van der Waals surface area contributed by atoms with Crippen molar-refractivity contribution >= 4 is 28.2 Å². The average Bonchev–Trinajstić information content (AvgIpc) is 3.28. The van der Waals surface area contributed by atoms with Crippen LogP contribution in [-0.4, -0.2) is 26.7 Å². The molecule has 2 N–H and O–H groups in total. The van der Waals surface area contributed by atoms with E-state index in [1.165, 1.54) is 6.07 Å². The van der Waals surface area contributed by atoms with Crippen molar-refractivity contribution in [3.8, 4) is 23.0 Å². The molecule has 0 aliphatic heterocycles. The summed E-state index contributed by atoms with van der Waals surface area (Å²) in [4.78, 5) is 8.72. The highest BCUT2D eigenvalue weighted by molar-refractivity contribution is 7.08. The molecule has 0 saturated carbocycles. The minimum absolute atomic E-state index is 0.0612. The number of anilines is 1. The Morgan fingerprint density at radius 1 is 1.21 bits per heavy atom. The lowest BCUT2D eigenvalue weighted by Gasteiger charge is -2.10. The van der Waals surface area contributed by atoms with E-state index in [-0.39, 0.29) is 11.8 Å². The molecule has 0 bridgehead atoms. The smallest absolute Gasteiger partial charge is 0.326 e. The molecule has 9 heteroatoms. The van der Waals surface area contributed by atoms with Crippen LogP contribution in [0.15, 0.2) is 29.0 Å². The predicted octanol–water partition coefficient (Wildman–Crippen LogP) is 5.28. The van der Waals surface area contributed by atoms with Gasteiger partial charge in [0.15, 0.2) is 17.2 Å². The fourth-order valence-electron chi connectivity index (χ4n) is 2.78. The summed E-state index contributed by atoms with van der Waals surface area (Å²) in [5.41, 5.74) is 3.31. The summed E-state index contributed by atoms with van der Waals surface area (Å²) in [5.74, 6) is -1.13. The molecule has 0 aliphatic carbocycles. The predicted molar refractivity (Wildman–Crippen MR) is 105 cm³/mol. The molecule has 4 rings (SSSR count). The third-order valence-corrected chi connectivity index (χ3v) is 5.01. The van der Waals surface area contributed by atoms with E-state index >= 15 is 0 Å². The molecule has 0 radical (unpaired) electrons. The second-order valence-corrected chi connectivity index (χ2v) is 6.97. The molecule has 28 heavy (non-hydrogen) atoms. The van der Waals surface area contributed by atoms with Crippen LogP contribution in [0.1, 0.15) is 18.9 Å². The van der Waals surface area contributed by atoms with Crippen LogP contribution in [0, 0.1) is 18.6 Å². The summed E-state index contributed by atoms with van der Waals surface area (Å²) >= 11 is 1.59. The zero-order chi connectivity index (χ0) is 19.7. The van der Waals surface area contributed by atoms with Gasteiger partial charge in [-0.3, -0.25) is 5.10 Å². The summed E-state index contributed by atoms with van der Waals surface area (Å²) in [6.07, 6.45) is 0.888. The summed E-state index contributed by atoms with van der Waals surface area (Å²) in [6.45, 7) is 4.74. The quantitative estimate of drug-likeness (QED) is 0.460. The fraction of sp³-hybridized carbons (Fsp3) is 0.211. The second kappa shape index (κ2) is 7.51. The number of aromatic amines is 1. The van der Waals surface area contributed by atoms with Gasteiger partial charge in [-0.2, -0.15) is 26.4 Å². The van der Waals surface area contributed by atoms with E-state index in [1.807, 2.05) is 24.6 Å². The Bertz CT molecular complexity index is 1140. The summed E-state index contributed by atoms with van der Waals surface area (Å²) in [6, 6.07) is 3.00. The molecule has 3 heterocycles. The number of nitrogens with zero attached hydrogens (tertiary/aromatic N) is 3. The van der Waals surface area contributed by atoms with Gasteiger partial charge in [0.05, 0.1) is 5.39 Å². The van der Waals surface area contributed by atoms with Gasteiger partial charge < -0.3 is 10.1 Å². The van der Waals surface area contributed by atoms with Crippen molar-refractivity contribution in [3.05, 3.63) is 46.2 Å². The van der Waals surface area contributed by atoms with Crippen LogP contribution < -0.4 is 10.1 Å². The zero-order valence-corrected chi connectivity index (χ0v) is 16.0. The van der Waals surface area contributed by atoms with Gasteiger partial charge in [0.1, 0.15) is 17.3 Å². The number of fused-ring (bicyclic) bond motifs is 1. The van der Waals surface area contributed by atoms with Crippen molar-refractivity contribution in [1.29, 1.82) is 0 Å². The average molecular weight is 401 g/mol. The van der Waals surface area contributed by atoms with E-state index in [4.69, 9.17) is 4.74 Å². The van der Waals surface area contributed by atoms with Crippen molar-refractivity contribution in [1.82, 2.24) is 20.2 Å². The molecule has 144 valence electrons. The number of rotatable bonds is 6. The molecule has 4 aromatic rings. The van der Waals surface area contributed by atoms with Gasteiger partial charge >= 0.3 is 6.01 Å². The Balaban J connectivity index is 1.80. The highest BCUT2D eigenvalue weighted by atomic mass is 32.1. The molecule has 0 unspecified atom stereocenters. The number of hydrogen-bond donors (Lipinski definition) is 2. The van der Waals surface area contributed by atoms with E-state index in [0.717, 1.165) is 40.8 Å². The number of benzene rings is 1. The van der Waals surface area contributed by atoms with Gasteiger partial charge in [0.2, 0.25) is 0 Å². The van der Waals surface area contributed by atoms with Crippen molar-refractivity contribution in [2.24, 2.45) is 0 Å². The second-order valence-electron chi connectivity index (χ2n) is 6.22. The van der Waals surface area contributed by atoms with Gasteiger partial charge in [-0.05, 0) is 36.4 Å². The fourth-order valence-corrected chi connectivity index (χ4v) is 3.61. The molecule has 0 amide bonds. The highest BCUT2D eigenvalue weighted by Crippen LogP contribution is 2.35. The first-order valence-corrected chi connectivity index (χ1v) is 9.67. The van der Waals surface area contributed by atoms with Crippen LogP contribution in [0.4, 0.5) is 14.6 Å². The monoisotopic (exact) mass is 401 g/mol. The largest absolute Gasteiger partial charge is 0.421 e. The number of nitrogens with one attached hydrogen (secondary N) is 2. The molecular weight excluding hydrogens is 384 g/mol. The number of hydrogen-bond acceptors (Lipinski definition) is 6. The minimum Gasteiger partial charge on any atom is -0.421 e. The van der Waals surface area contributed by atoms with Crippen LogP contribution in [0.5, 0.6) is 11.8 Å². The van der Waals surface area contributed by atoms with E-state index in [9.17, 15) is 8.78 Å². The molecule has 0 atom stereocenters. The number of aryl methyl sites for hydroxylation is 1. The zero-order valence-electron chi connectivity index (χ0n) is 15.2. The van der Waals surface area contributed by atoms with Gasteiger partial charge in [0.25, 0.3) is 0 Å². The SMILES string of the molecule is CCCNc1nc(Oc2ccc(F)cc2F)nc2[nH]nc(-c3cscc3C)c12. The van der Waals surface area contributed by atoms with E-state index in [1.54, 1.807) is 11.3 Å². The maximum absolute atomic E-state index is 13.9. The normalized spacial score (nSPS) is 11.1. The lowest BCUT2D eigenvalue weighted by molar-refractivity contribution is 0.410. The third-order valence-electron chi connectivity index (χ3n) is 4.15. The first kappa shape index (κ1) is 18.3. The van der Waals surface area contributed by atoms with Gasteiger partial charge in [-0.15, -0.1) is 0 Å². The Hall–Kier alpha value is -3.07. The molecule has 0 spiro atoms. The number of ether oxygens (including phenoxy) is 1. The van der Waals surface area contributed by atoms with Crippen LogP contribution in [-0.2, 0) is 0 Å². The van der Waals surface area contributed by atoms with Gasteiger partial charge in [0, 0.05) is 23.6 Å². The van der Waals surface area contributed by atoms with Gasteiger partial charge in [-0.25, -0.2) is 8.78 Å².